The number of hydrogen-bond donors (Lipinski definition) is 0. The first-order chi connectivity index (χ1) is 20.5. The average molecular weight is 704 g/mol. The van der Waals surface area contributed by atoms with Gasteiger partial charge in [0.15, 0.2) is 24.8 Å². The molecule has 0 amide bonds. The van der Waals surface area contributed by atoms with E-state index < -0.39 is 15.6 Å². The maximum atomic E-state index is 9.87. The molecule has 2 heterocycles. The van der Waals surface area contributed by atoms with Crippen LogP contribution >= 0.6 is 15.6 Å². The summed E-state index contributed by atoms with van der Waals surface area (Å²) in [6.45, 7) is 0. The predicted molar refractivity (Wildman–Crippen MR) is 151 cm³/mol. The summed E-state index contributed by atoms with van der Waals surface area (Å²) in [5, 5.41) is 19.7. The van der Waals surface area contributed by atoms with Crippen LogP contribution in [0.1, 0.15) is 11.1 Å². The molecule has 4 nitrogen and oxygen atoms in total. The normalized spacial score (nSPS) is 14.9. The molecule has 0 unspecified atom stereocenters. The summed E-state index contributed by atoms with van der Waals surface area (Å²) in [5.41, 5.74) is 6.53. The molecule has 0 saturated heterocycles. The van der Waals surface area contributed by atoms with Crippen molar-refractivity contribution < 1.29 is 59.5 Å². The average Bonchev–Trinajstić information content (AvgIpc) is 2.89. The molecular formula is C28H22F12N4P2. The fourth-order valence-electron chi connectivity index (χ4n) is 3.58. The van der Waals surface area contributed by atoms with Gasteiger partial charge in [0.25, 0.3) is 0 Å². The fourth-order valence-corrected chi connectivity index (χ4v) is 3.58. The Hall–Kier alpha value is -4.52. The second-order valence-electron chi connectivity index (χ2n) is 9.55. The fraction of sp³-hybridized carbons (Fsp3) is 0.0714. The molecular weight excluding hydrogens is 682 g/mol. The van der Waals surface area contributed by atoms with Crippen LogP contribution in [0.2, 0.25) is 0 Å². The van der Waals surface area contributed by atoms with Crippen molar-refractivity contribution >= 4 is 26.8 Å². The minimum atomic E-state index is -10.7. The Kier molecular flexibility index (Phi) is 9.57. The van der Waals surface area contributed by atoms with Crippen molar-refractivity contribution in [1.29, 1.82) is 10.5 Å². The third kappa shape index (κ3) is 16.5. The molecule has 0 N–H and O–H groups in total. The second kappa shape index (κ2) is 11.7. The summed E-state index contributed by atoms with van der Waals surface area (Å²) in [5.74, 6) is 0. The standard InChI is InChI=1S/C28H22N4.2F6P/c1-31-15-11-23(12-16-31)21-3-7-25(8-4-21)27(19-29)28(20-30)26-9-5-22(6-10-26)24-13-17-32(2)18-14-24;2*1-7(2,3,4,5)6/h3-18H,1-2H3;;/q+2;2*-1/b28-27+;;. The van der Waals surface area contributed by atoms with Crippen molar-refractivity contribution in [1.82, 2.24) is 0 Å². The van der Waals surface area contributed by atoms with E-state index >= 15 is 0 Å². The van der Waals surface area contributed by atoms with E-state index in [1.807, 2.05) is 121 Å². The zero-order chi connectivity index (χ0) is 35.3. The van der Waals surface area contributed by atoms with E-state index in [-0.39, 0.29) is 0 Å². The van der Waals surface area contributed by atoms with E-state index in [4.69, 9.17) is 0 Å². The molecule has 0 bridgehead atoms. The van der Waals surface area contributed by atoms with Gasteiger partial charge in [0.2, 0.25) is 0 Å². The number of hydrogen-bond acceptors (Lipinski definition) is 2. The van der Waals surface area contributed by atoms with Gasteiger partial charge in [-0.25, -0.2) is 9.13 Å². The Bertz CT molecular complexity index is 1650. The van der Waals surface area contributed by atoms with Crippen molar-refractivity contribution in [3.8, 4) is 34.4 Å². The molecule has 248 valence electrons. The Morgan fingerprint density at radius 1 is 0.435 bits per heavy atom. The molecule has 18 heteroatoms. The molecule has 4 aromatic rings. The van der Waals surface area contributed by atoms with E-state index in [1.54, 1.807) is 0 Å². The van der Waals surface area contributed by atoms with E-state index in [2.05, 4.69) is 12.1 Å². The topological polar surface area (TPSA) is 55.3 Å². The number of benzene rings is 2. The van der Waals surface area contributed by atoms with Crippen LogP contribution in [0.15, 0.2) is 97.6 Å². The SMILES string of the molecule is C[n+]1ccc(-c2ccc(/C(C#N)=C(\C#N)c3ccc(-c4cc[n+](C)cc4)cc3)cc2)cc1.F[P-](F)(F)(F)(F)F.F[P-](F)(F)(F)(F)F. The van der Waals surface area contributed by atoms with Gasteiger partial charge in [-0.3, -0.25) is 0 Å². The van der Waals surface area contributed by atoms with Gasteiger partial charge in [0, 0.05) is 24.3 Å². The number of nitrogens with zero attached hydrogens (tertiary/aromatic N) is 4. The summed E-state index contributed by atoms with van der Waals surface area (Å²) in [7, 11) is -17.4. The molecule has 0 atom stereocenters. The van der Waals surface area contributed by atoms with Crippen LogP contribution in [-0.4, -0.2) is 0 Å². The summed E-state index contributed by atoms with van der Waals surface area (Å²) in [4.78, 5) is 0. The van der Waals surface area contributed by atoms with Crippen LogP contribution in [-0.2, 0) is 14.1 Å². The van der Waals surface area contributed by atoms with Crippen molar-refractivity contribution in [3.05, 3.63) is 109 Å². The van der Waals surface area contributed by atoms with Gasteiger partial charge < -0.3 is 0 Å². The Morgan fingerprint density at radius 3 is 0.826 bits per heavy atom. The van der Waals surface area contributed by atoms with Crippen LogP contribution in [0.5, 0.6) is 0 Å². The van der Waals surface area contributed by atoms with Gasteiger partial charge in [-0.05, 0) is 33.4 Å². The number of nitriles is 2. The minimum absolute atomic E-state index is 0.373. The van der Waals surface area contributed by atoms with Gasteiger partial charge in [-0.2, -0.15) is 10.5 Å². The van der Waals surface area contributed by atoms with E-state index in [1.165, 1.54) is 0 Å². The molecule has 0 aliphatic heterocycles. The van der Waals surface area contributed by atoms with Crippen LogP contribution < -0.4 is 9.13 Å². The number of rotatable bonds is 4. The zero-order valence-electron chi connectivity index (χ0n) is 23.5. The van der Waals surface area contributed by atoms with Crippen LogP contribution in [0.4, 0.5) is 50.4 Å². The third-order valence-corrected chi connectivity index (χ3v) is 5.44. The number of halogens is 12. The molecule has 0 saturated carbocycles. The van der Waals surface area contributed by atoms with Gasteiger partial charge in [0.05, 0.1) is 11.1 Å². The van der Waals surface area contributed by atoms with Crippen molar-refractivity contribution in [2.24, 2.45) is 14.1 Å². The van der Waals surface area contributed by atoms with Gasteiger partial charge >= 0.3 is 66.0 Å². The van der Waals surface area contributed by atoms with Crippen LogP contribution in [0, 0.1) is 22.7 Å². The summed E-state index contributed by atoms with van der Waals surface area (Å²) in [6, 6.07) is 28.2. The number of pyridine rings is 2. The molecule has 46 heavy (non-hydrogen) atoms. The van der Waals surface area contributed by atoms with E-state index in [0.29, 0.717) is 11.1 Å². The molecule has 2 aromatic carbocycles. The monoisotopic (exact) mass is 704 g/mol. The third-order valence-electron chi connectivity index (χ3n) is 5.44. The molecule has 0 aliphatic rings. The first-order valence-electron chi connectivity index (χ1n) is 12.3. The number of allylic oxidation sites excluding steroid dienone is 2. The van der Waals surface area contributed by atoms with Crippen molar-refractivity contribution in [2.45, 2.75) is 0 Å². The molecule has 0 spiro atoms. The zero-order valence-corrected chi connectivity index (χ0v) is 25.2. The Labute approximate surface area is 254 Å². The van der Waals surface area contributed by atoms with Gasteiger partial charge in [-0.15, -0.1) is 0 Å². The van der Waals surface area contributed by atoms with Crippen LogP contribution in [0.25, 0.3) is 33.4 Å². The van der Waals surface area contributed by atoms with Crippen LogP contribution in [0.3, 0.4) is 0 Å². The summed E-state index contributed by atoms with van der Waals surface area (Å²) >= 11 is 0. The summed E-state index contributed by atoms with van der Waals surface area (Å²) in [6.07, 6.45) is 7.99. The molecule has 4 rings (SSSR count). The van der Waals surface area contributed by atoms with Crippen molar-refractivity contribution in [3.63, 3.8) is 0 Å². The molecule has 0 fully saturated rings. The van der Waals surface area contributed by atoms with Gasteiger partial charge in [0.1, 0.15) is 26.2 Å². The Balaban J connectivity index is 0.000000440. The second-order valence-corrected chi connectivity index (χ2v) is 13.4. The Morgan fingerprint density at radius 2 is 0.630 bits per heavy atom. The maximum absolute atomic E-state index is 10.7. The summed E-state index contributed by atoms with van der Waals surface area (Å²) < 4.78 is 122. The van der Waals surface area contributed by atoms with Gasteiger partial charge in [-0.1, -0.05) is 48.5 Å². The number of aromatic nitrogens is 2. The van der Waals surface area contributed by atoms with Crippen molar-refractivity contribution in [2.75, 3.05) is 0 Å². The quantitative estimate of drug-likeness (QED) is 0.0698. The molecule has 0 radical (unpaired) electrons. The van der Waals surface area contributed by atoms with E-state index in [0.717, 1.165) is 33.4 Å². The molecule has 0 aliphatic carbocycles. The first-order valence-corrected chi connectivity index (χ1v) is 16.3. The first kappa shape index (κ1) is 37.7. The predicted octanol–water partition coefficient (Wildman–Crippen LogP) is 11.4. The van der Waals surface area contributed by atoms with E-state index in [9.17, 15) is 60.9 Å². The molecule has 2 aromatic heterocycles. The number of aryl methyl sites for hydroxylation is 2.